The summed E-state index contributed by atoms with van der Waals surface area (Å²) < 4.78 is 0. The third-order valence-corrected chi connectivity index (χ3v) is 1.92. The Bertz CT molecular complexity index is 303. The number of hydrogen-bond acceptors (Lipinski definition) is 2. The zero-order valence-electron chi connectivity index (χ0n) is 8.44. The van der Waals surface area contributed by atoms with Gasteiger partial charge in [0.1, 0.15) is 0 Å². The lowest BCUT2D eigenvalue weighted by Gasteiger charge is -1.96. The number of rotatable bonds is 5. The van der Waals surface area contributed by atoms with Gasteiger partial charge in [0.25, 0.3) is 0 Å². The molecule has 14 heavy (non-hydrogen) atoms. The maximum Gasteiger partial charge on any atom is 0.164 e. The highest BCUT2D eigenvalue weighted by atomic mass is 16.1. The van der Waals surface area contributed by atoms with Crippen LogP contribution in [0.4, 0.5) is 0 Å². The van der Waals surface area contributed by atoms with E-state index >= 15 is 0 Å². The van der Waals surface area contributed by atoms with Crippen molar-refractivity contribution in [1.29, 1.82) is 0 Å². The molecule has 1 rings (SSSR count). The molecule has 0 unspecified atom stereocenters. The number of allylic oxidation sites excluding steroid dienone is 2. The molecule has 0 aliphatic carbocycles. The molecule has 0 bridgehead atoms. The molecule has 1 aromatic rings. The second-order valence-corrected chi connectivity index (χ2v) is 3.08. The van der Waals surface area contributed by atoms with Gasteiger partial charge in [0.15, 0.2) is 5.78 Å². The second-order valence-electron chi connectivity index (χ2n) is 3.08. The Balaban J connectivity index is 2.40. The Morgan fingerprint density at radius 1 is 1.50 bits per heavy atom. The van der Waals surface area contributed by atoms with Crippen molar-refractivity contribution in [1.82, 2.24) is 4.98 Å². The fourth-order valence-corrected chi connectivity index (χ4v) is 1.17. The molecule has 0 fully saturated rings. The third-order valence-electron chi connectivity index (χ3n) is 1.92. The van der Waals surface area contributed by atoms with Gasteiger partial charge in [0.05, 0.1) is 0 Å². The Hall–Kier alpha value is -1.44. The van der Waals surface area contributed by atoms with Crippen molar-refractivity contribution in [3.63, 3.8) is 0 Å². The van der Waals surface area contributed by atoms with E-state index in [1.54, 1.807) is 24.5 Å². The second kappa shape index (κ2) is 6.08. The first-order valence-corrected chi connectivity index (χ1v) is 4.93. The van der Waals surface area contributed by atoms with Crippen molar-refractivity contribution >= 4 is 5.78 Å². The molecule has 2 nitrogen and oxygen atoms in total. The summed E-state index contributed by atoms with van der Waals surface area (Å²) in [6, 6.07) is 3.59. The minimum Gasteiger partial charge on any atom is -0.294 e. The molecule has 1 aromatic heterocycles. The van der Waals surface area contributed by atoms with Gasteiger partial charge in [-0.25, -0.2) is 0 Å². The Morgan fingerprint density at radius 3 is 3.00 bits per heavy atom. The van der Waals surface area contributed by atoms with Crippen LogP contribution >= 0.6 is 0 Å². The van der Waals surface area contributed by atoms with E-state index in [9.17, 15) is 4.79 Å². The summed E-state index contributed by atoms with van der Waals surface area (Å²) >= 11 is 0. The minimum absolute atomic E-state index is 0.166. The molecule has 0 spiro atoms. The summed E-state index contributed by atoms with van der Waals surface area (Å²) in [5.41, 5.74) is 0.706. The molecule has 0 N–H and O–H groups in total. The van der Waals surface area contributed by atoms with E-state index in [0.29, 0.717) is 12.0 Å². The Kier molecular flexibility index (Phi) is 4.62. The van der Waals surface area contributed by atoms with Gasteiger partial charge in [-0.05, 0) is 25.0 Å². The van der Waals surface area contributed by atoms with Crippen LogP contribution in [0.25, 0.3) is 0 Å². The van der Waals surface area contributed by atoms with Crippen LogP contribution in [0.2, 0.25) is 0 Å². The maximum atomic E-state index is 11.5. The van der Waals surface area contributed by atoms with Gasteiger partial charge < -0.3 is 0 Å². The predicted octanol–water partition coefficient (Wildman–Crippen LogP) is 3.01. The highest BCUT2D eigenvalue weighted by Crippen LogP contribution is 2.04. The van der Waals surface area contributed by atoms with Crippen molar-refractivity contribution in [2.75, 3.05) is 0 Å². The van der Waals surface area contributed by atoms with E-state index in [2.05, 4.69) is 18.0 Å². The molecule has 0 radical (unpaired) electrons. The van der Waals surface area contributed by atoms with Crippen molar-refractivity contribution in [3.05, 3.63) is 42.2 Å². The number of carbonyl (C=O) groups excluding carboxylic acids is 1. The highest BCUT2D eigenvalue weighted by molar-refractivity contribution is 5.95. The number of ketones is 1. The average molecular weight is 189 g/mol. The first-order chi connectivity index (χ1) is 6.84. The van der Waals surface area contributed by atoms with Crippen LogP contribution in [-0.4, -0.2) is 10.8 Å². The first-order valence-electron chi connectivity index (χ1n) is 4.93. The zero-order valence-corrected chi connectivity index (χ0v) is 8.44. The van der Waals surface area contributed by atoms with Gasteiger partial charge in [-0.1, -0.05) is 19.1 Å². The van der Waals surface area contributed by atoms with Crippen LogP contribution in [0, 0.1) is 0 Å². The minimum atomic E-state index is 0.166. The topological polar surface area (TPSA) is 30.0 Å². The summed E-state index contributed by atoms with van der Waals surface area (Å²) in [5.74, 6) is 0.166. The quantitative estimate of drug-likeness (QED) is 0.526. The molecule has 2 heteroatoms. The SMILES string of the molecule is CC/C=C\CCC(=O)c1cccnc1. The molecule has 0 atom stereocenters. The lowest BCUT2D eigenvalue weighted by atomic mass is 10.1. The molecular weight excluding hydrogens is 174 g/mol. The van der Waals surface area contributed by atoms with E-state index in [-0.39, 0.29) is 5.78 Å². The van der Waals surface area contributed by atoms with Gasteiger partial charge >= 0.3 is 0 Å². The first kappa shape index (κ1) is 10.6. The van der Waals surface area contributed by atoms with Gasteiger partial charge in [0, 0.05) is 24.4 Å². The molecule has 74 valence electrons. The van der Waals surface area contributed by atoms with Crippen LogP contribution in [0.3, 0.4) is 0 Å². The number of Topliss-reactive ketones (excluding diaryl/α,β-unsaturated/α-hetero) is 1. The van der Waals surface area contributed by atoms with Crippen LogP contribution < -0.4 is 0 Å². The summed E-state index contributed by atoms with van der Waals surface area (Å²) in [5, 5.41) is 0. The number of hydrogen-bond donors (Lipinski definition) is 0. The highest BCUT2D eigenvalue weighted by Gasteiger charge is 2.02. The summed E-state index contributed by atoms with van der Waals surface area (Å²) in [4.78, 5) is 15.4. The van der Waals surface area contributed by atoms with E-state index in [0.717, 1.165) is 12.8 Å². The van der Waals surface area contributed by atoms with E-state index in [1.807, 2.05) is 6.08 Å². The van der Waals surface area contributed by atoms with Crippen molar-refractivity contribution in [2.24, 2.45) is 0 Å². The zero-order chi connectivity index (χ0) is 10.2. The summed E-state index contributed by atoms with van der Waals surface area (Å²) in [6.07, 6.45) is 9.84. The predicted molar refractivity (Wildman–Crippen MR) is 57.2 cm³/mol. The van der Waals surface area contributed by atoms with Crippen LogP contribution in [0.5, 0.6) is 0 Å². The number of nitrogens with zero attached hydrogens (tertiary/aromatic N) is 1. The molecule has 0 aromatic carbocycles. The van der Waals surface area contributed by atoms with Gasteiger partial charge in [0.2, 0.25) is 0 Å². The lowest BCUT2D eigenvalue weighted by Crippen LogP contribution is -1.98. The van der Waals surface area contributed by atoms with Gasteiger partial charge in [-0.2, -0.15) is 0 Å². The number of aromatic nitrogens is 1. The molecule has 0 amide bonds. The summed E-state index contributed by atoms with van der Waals surface area (Å²) in [7, 11) is 0. The largest absolute Gasteiger partial charge is 0.294 e. The lowest BCUT2D eigenvalue weighted by molar-refractivity contribution is 0.0983. The van der Waals surface area contributed by atoms with Gasteiger partial charge in [-0.3, -0.25) is 9.78 Å². The van der Waals surface area contributed by atoms with Crippen molar-refractivity contribution in [2.45, 2.75) is 26.2 Å². The smallest absolute Gasteiger partial charge is 0.164 e. The Labute approximate surface area is 84.7 Å². The standard InChI is InChI=1S/C12H15NO/c1-2-3-4-5-8-12(14)11-7-6-9-13-10-11/h3-4,6-7,9-10H,2,5,8H2,1H3/b4-3-. The van der Waals surface area contributed by atoms with Crippen molar-refractivity contribution < 1.29 is 4.79 Å². The van der Waals surface area contributed by atoms with Crippen LogP contribution in [0.15, 0.2) is 36.7 Å². The fraction of sp³-hybridized carbons (Fsp3) is 0.333. The normalized spacial score (nSPS) is 10.6. The van der Waals surface area contributed by atoms with Gasteiger partial charge in [-0.15, -0.1) is 0 Å². The number of pyridine rings is 1. The maximum absolute atomic E-state index is 11.5. The Morgan fingerprint density at radius 2 is 2.36 bits per heavy atom. The third kappa shape index (κ3) is 3.52. The molecule has 0 aliphatic rings. The van der Waals surface area contributed by atoms with Crippen LogP contribution in [-0.2, 0) is 0 Å². The van der Waals surface area contributed by atoms with Crippen LogP contribution in [0.1, 0.15) is 36.5 Å². The average Bonchev–Trinajstić information content (AvgIpc) is 2.25. The summed E-state index contributed by atoms with van der Waals surface area (Å²) in [6.45, 7) is 2.08. The molecule has 0 aliphatic heterocycles. The molecule has 0 saturated heterocycles. The van der Waals surface area contributed by atoms with E-state index in [4.69, 9.17) is 0 Å². The number of carbonyl (C=O) groups is 1. The fourth-order valence-electron chi connectivity index (χ4n) is 1.17. The molecule has 0 saturated carbocycles. The molecular formula is C12H15NO. The van der Waals surface area contributed by atoms with E-state index in [1.165, 1.54) is 0 Å². The monoisotopic (exact) mass is 189 g/mol. The van der Waals surface area contributed by atoms with E-state index < -0.39 is 0 Å². The molecule has 1 heterocycles. The van der Waals surface area contributed by atoms with Crippen molar-refractivity contribution in [3.8, 4) is 0 Å².